The van der Waals surface area contributed by atoms with Gasteiger partial charge in [0.25, 0.3) is 0 Å². The molecular weight excluding hydrogens is 182 g/mol. The number of hydrogen-bond acceptors (Lipinski definition) is 3. The summed E-state index contributed by atoms with van der Waals surface area (Å²) >= 11 is 0. The summed E-state index contributed by atoms with van der Waals surface area (Å²) in [5.41, 5.74) is 4.83. The molecule has 4 heteroatoms. The highest BCUT2D eigenvalue weighted by Crippen LogP contribution is 2.21. The first-order valence-electron chi connectivity index (χ1n) is 4.71. The van der Waals surface area contributed by atoms with Crippen molar-refractivity contribution in [3.8, 4) is 0 Å². The molecule has 0 heterocycles. The zero-order chi connectivity index (χ0) is 11.4. The number of carbonyl (C=O) groups is 2. The fourth-order valence-corrected chi connectivity index (χ4v) is 0.658. The molecule has 0 aliphatic heterocycles. The maximum absolute atomic E-state index is 11.2. The van der Waals surface area contributed by atoms with E-state index in [9.17, 15) is 9.59 Å². The lowest BCUT2D eigenvalue weighted by atomic mass is 9.90. The highest BCUT2D eigenvalue weighted by molar-refractivity contribution is 5.79. The molecule has 0 spiro atoms. The topological polar surface area (TPSA) is 69.4 Å². The molecule has 0 aromatic heterocycles. The number of hydrogen-bond donors (Lipinski definition) is 1. The van der Waals surface area contributed by atoms with E-state index in [-0.39, 0.29) is 30.3 Å². The standard InChI is InChI=1S/C10H19NO3/c1-7(10(2,3)4)14-9(13)6-5-8(11)12/h7H,5-6H2,1-4H3,(H2,11,12)/t7-/m1/s1. The average molecular weight is 201 g/mol. The molecule has 0 rings (SSSR count). The van der Waals surface area contributed by atoms with Gasteiger partial charge >= 0.3 is 5.97 Å². The first-order chi connectivity index (χ1) is 6.23. The Kier molecular flexibility index (Phi) is 4.60. The lowest BCUT2D eigenvalue weighted by Gasteiger charge is -2.26. The van der Waals surface area contributed by atoms with Crippen LogP contribution in [0.15, 0.2) is 0 Å². The molecule has 2 N–H and O–H groups in total. The van der Waals surface area contributed by atoms with Gasteiger partial charge in [-0.3, -0.25) is 9.59 Å². The molecule has 0 aliphatic rings. The summed E-state index contributed by atoms with van der Waals surface area (Å²) in [4.78, 5) is 21.6. The summed E-state index contributed by atoms with van der Waals surface area (Å²) in [6, 6.07) is 0. The summed E-state index contributed by atoms with van der Waals surface area (Å²) < 4.78 is 5.12. The highest BCUT2D eigenvalue weighted by Gasteiger charge is 2.23. The Labute approximate surface area is 84.8 Å². The zero-order valence-electron chi connectivity index (χ0n) is 9.29. The number of primary amides is 1. The van der Waals surface area contributed by atoms with Crippen LogP contribution >= 0.6 is 0 Å². The highest BCUT2D eigenvalue weighted by atomic mass is 16.5. The summed E-state index contributed by atoms with van der Waals surface area (Å²) in [7, 11) is 0. The van der Waals surface area contributed by atoms with Crippen LogP contribution in [0.4, 0.5) is 0 Å². The number of rotatable bonds is 4. The normalized spacial score (nSPS) is 13.4. The number of ether oxygens (including phenoxy) is 1. The average Bonchev–Trinajstić information content (AvgIpc) is 1.99. The molecule has 0 bridgehead atoms. The van der Waals surface area contributed by atoms with E-state index in [1.807, 2.05) is 27.7 Å². The van der Waals surface area contributed by atoms with Crippen LogP contribution in [-0.2, 0) is 14.3 Å². The van der Waals surface area contributed by atoms with Crippen molar-refractivity contribution in [3.63, 3.8) is 0 Å². The van der Waals surface area contributed by atoms with Gasteiger partial charge in [-0.15, -0.1) is 0 Å². The van der Waals surface area contributed by atoms with Crippen LogP contribution in [0.5, 0.6) is 0 Å². The van der Waals surface area contributed by atoms with Gasteiger partial charge in [-0.1, -0.05) is 20.8 Å². The van der Waals surface area contributed by atoms with E-state index in [0.717, 1.165) is 0 Å². The second-order valence-corrected chi connectivity index (χ2v) is 4.46. The third kappa shape index (κ3) is 5.56. The number of esters is 1. The minimum absolute atomic E-state index is 0.0513. The third-order valence-corrected chi connectivity index (χ3v) is 2.10. The lowest BCUT2D eigenvalue weighted by Crippen LogP contribution is -2.29. The monoisotopic (exact) mass is 201 g/mol. The largest absolute Gasteiger partial charge is 0.462 e. The Balaban J connectivity index is 3.89. The first-order valence-corrected chi connectivity index (χ1v) is 4.71. The van der Waals surface area contributed by atoms with Gasteiger partial charge in [0.05, 0.1) is 6.42 Å². The molecule has 14 heavy (non-hydrogen) atoms. The molecule has 0 radical (unpaired) electrons. The Morgan fingerprint density at radius 3 is 2.14 bits per heavy atom. The Bertz CT molecular complexity index is 218. The molecule has 0 saturated heterocycles. The van der Waals surface area contributed by atoms with E-state index in [2.05, 4.69) is 0 Å². The molecule has 0 saturated carbocycles. The number of amides is 1. The SMILES string of the molecule is C[C@@H](OC(=O)CCC(N)=O)C(C)(C)C. The van der Waals surface area contributed by atoms with Crippen LogP contribution in [0, 0.1) is 5.41 Å². The van der Waals surface area contributed by atoms with Gasteiger partial charge in [0.1, 0.15) is 6.10 Å². The van der Waals surface area contributed by atoms with Gasteiger partial charge in [0.15, 0.2) is 0 Å². The van der Waals surface area contributed by atoms with E-state index >= 15 is 0 Å². The smallest absolute Gasteiger partial charge is 0.306 e. The molecule has 0 aromatic carbocycles. The number of carbonyl (C=O) groups excluding carboxylic acids is 2. The van der Waals surface area contributed by atoms with E-state index in [1.165, 1.54) is 0 Å². The van der Waals surface area contributed by atoms with E-state index in [4.69, 9.17) is 10.5 Å². The van der Waals surface area contributed by atoms with Crippen molar-refractivity contribution in [1.29, 1.82) is 0 Å². The molecule has 0 aromatic rings. The maximum Gasteiger partial charge on any atom is 0.306 e. The van der Waals surface area contributed by atoms with Gasteiger partial charge in [-0.05, 0) is 12.3 Å². The fourth-order valence-electron chi connectivity index (χ4n) is 0.658. The summed E-state index contributed by atoms with van der Waals surface area (Å²) in [6.45, 7) is 7.79. The second kappa shape index (κ2) is 4.98. The molecule has 82 valence electrons. The summed E-state index contributed by atoms with van der Waals surface area (Å²) in [5.74, 6) is -0.850. The van der Waals surface area contributed by atoms with Gasteiger partial charge in [-0.25, -0.2) is 0 Å². The van der Waals surface area contributed by atoms with Crippen LogP contribution in [0.3, 0.4) is 0 Å². The first kappa shape index (κ1) is 12.9. The Morgan fingerprint density at radius 1 is 1.29 bits per heavy atom. The van der Waals surface area contributed by atoms with E-state index in [1.54, 1.807) is 0 Å². The zero-order valence-corrected chi connectivity index (χ0v) is 9.29. The van der Waals surface area contributed by atoms with Crippen molar-refractivity contribution in [2.75, 3.05) is 0 Å². The van der Waals surface area contributed by atoms with Crippen molar-refractivity contribution in [3.05, 3.63) is 0 Å². The van der Waals surface area contributed by atoms with Gasteiger partial charge in [-0.2, -0.15) is 0 Å². The summed E-state index contributed by atoms with van der Waals surface area (Å²) in [5, 5.41) is 0. The van der Waals surface area contributed by atoms with Crippen LogP contribution in [0.1, 0.15) is 40.5 Å². The molecule has 1 amide bonds. The van der Waals surface area contributed by atoms with Crippen LogP contribution < -0.4 is 5.73 Å². The van der Waals surface area contributed by atoms with Gasteiger partial charge in [0, 0.05) is 6.42 Å². The molecule has 0 aliphatic carbocycles. The molecule has 0 fully saturated rings. The predicted octanol–water partition coefficient (Wildman–Crippen LogP) is 1.23. The van der Waals surface area contributed by atoms with Crippen LogP contribution in [0.2, 0.25) is 0 Å². The van der Waals surface area contributed by atoms with Crippen molar-refractivity contribution in [2.45, 2.75) is 46.6 Å². The van der Waals surface area contributed by atoms with E-state index < -0.39 is 5.91 Å². The second-order valence-electron chi connectivity index (χ2n) is 4.46. The van der Waals surface area contributed by atoms with Gasteiger partial charge in [0.2, 0.25) is 5.91 Å². The number of nitrogens with two attached hydrogens (primary N) is 1. The molecule has 0 unspecified atom stereocenters. The Morgan fingerprint density at radius 2 is 1.79 bits per heavy atom. The lowest BCUT2D eigenvalue weighted by molar-refractivity contribution is -0.154. The molecule has 1 atom stereocenters. The Hall–Kier alpha value is -1.06. The predicted molar refractivity (Wildman–Crippen MR) is 53.4 cm³/mol. The minimum atomic E-state index is -0.481. The van der Waals surface area contributed by atoms with Crippen molar-refractivity contribution in [2.24, 2.45) is 11.1 Å². The van der Waals surface area contributed by atoms with Crippen molar-refractivity contribution in [1.82, 2.24) is 0 Å². The fraction of sp³-hybridized carbons (Fsp3) is 0.800. The van der Waals surface area contributed by atoms with Crippen molar-refractivity contribution < 1.29 is 14.3 Å². The third-order valence-electron chi connectivity index (χ3n) is 2.10. The van der Waals surface area contributed by atoms with Gasteiger partial charge < -0.3 is 10.5 Å². The van der Waals surface area contributed by atoms with Crippen molar-refractivity contribution >= 4 is 11.9 Å². The minimum Gasteiger partial charge on any atom is -0.462 e. The summed E-state index contributed by atoms with van der Waals surface area (Å²) in [6.07, 6.45) is -0.0475. The molecule has 4 nitrogen and oxygen atoms in total. The van der Waals surface area contributed by atoms with Crippen LogP contribution in [-0.4, -0.2) is 18.0 Å². The van der Waals surface area contributed by atoms with E-state index in [0.29, 0.717) is 0 Å². The molecular formula is C10H19NO3. The van der Waals surface area contributed by atoms with Crippen LogP contribution in [0.25, 0.3) is 0 Å². The maximum atomic E-state index is 11.2. The quantitative estimate of drug-likeness (QED) is 0.695.